The molecular weight excluding hydrogens is 220 g/mol. The van der Waals surface area contributed by atoms with Crippen molar-refractivity contribution in [2.24, 2.45) is 0 Å². The number of carbonyl (C=O) groups excluding carboxylic acids is 1. The van der Waals surface area contributed by atoms with Crippen molar-refractivity contribution in [1.29, 1.82) is 0 Å². The molecule has 16 heavy (non-hydrogen) atoms. The SMILES string of the molecule is CC(=O)SCC#Cc1ccc2nc[nH]c2c1. The molecule has 0 saturated carbocycles. The van der Waals surface area contributed by atoms with Crippen LogP contribution in [0.25, 0.3) is 11.0 Å². The van der Waals surface area contributed by atoms with Gasteiger partial charge in [0.05, 0.1) is 23.1 Å². The molecule has 1 heterocycles. The molecule has 0 aliphatic carbocycles. The highest BCUT2D eigenvalue weighted by Gasteiger charge is 1.95. The fraction of sp³-hybridized carbons (Fsp3) is 0.167. The van der Waals surface area contributed by atoms with Gasteiger partial charge in [0.15, 0.2) is 5.12 Å². The van der Waals surface area contributed by atoms with E-state index in [0.29, 0.717) is 5.75 Å². The van der Waals surface area contributed by atoms with Crippen LogP contribution in [-0.4, -0.2) is 20.8 Å². The van der Waals surface area contributed by atoms with Crippen LogP contribution in [0.5, 0.6) is 0 Å². The van der Waals surface area contributed by atoms with Crippen molar-refractivity contribution < 1.29 is 4.79 Å². The van der Waals surface area contributed by atoms with Crippen LogP contribution in [-0.2, 0) is 4.79 Å². The van der Waals surface area contributed by atoms with Crippen molar-refractivity contribution >= 4 is 27.9 Å². The van der Waals surface area contributed by atoms with Crippen LogP contribution >= 0.6 is 11.8 Å². The zero-order valence-electron chi connectivity index (χ0n) is 8.78. The van der Waals surface area contributed by atoms with Crippen LogP contribution in [0.1, 0.15) is 12.5 Å². The maximum Gasteiger partial charge on any atom is 0.186 e. The van der Waals surface area contributed by atoms with E-state index in [1.807, 2.05) is 18.2 Å². The van der Waals surface area contributed by atoms with Crippen molar-refractivity contribution in [2.45, 2.75) is 6.92 Å². The molecule has 0 radical (unpaired) electrons. The summed E-state index contributed by atoms with van der Waals surface area (Å²) in [5.74, 6) is 6.50. The molecule has 0 aliphatic heterocycles. The van der Waals surface area contributed by atoms with E-state index in [-0.39, 0.29) is 5.12 Å². The number of nitrogens with one attached hydrogen (secondary N) is 1. The number of imidazole rings is 1. The summed E-state index contributed by atoms with van der Waals surface area (Å²) in [6.07, 6.45) is 1.66. The highest BCUT2D eigenvalue weighted by molar-refractivity contribution is 8.13. The van der Waals surface area contributed by atoms with Gasteiger partial charge >= 0.3 is 0 Å². The number of fused-ring (bicyclic) bond motifs is 1. The molecule has 0 saturated heterocycles. The lowest BCUT2D eigenvalue weighted by Crippen LogP contribution is -1.82. The first-order chi connectivity index (χ1) is 7.75. The smallest absolute Gasteiger partial charge is 0.186 e. The van der Waals surface area contributed by atoms with Gasteiger partial charge < -0.3 is 4.98 Å². The van der Waals surface area contributed by atoms with Crippen LogP contribution in [0.2, 0.25) is 0 Å². The monoisotopic (exact) mass is 230 g/mol. The molecule has 0 amide bonds. The maximum absolute atomic E-state index is 10.7. The van der Waals surface area contributed by atoms with Gasteiger partial charge in [0, 0.05) is 12.5 Å². The number of aromatic amines is 1. The van der Waals surface area contributed by atoms with Gasteiger partial charge in [-0.2, -0.15) is 0 Å². The molecule has 1 aromatic heterocycles. The fourth-order valence-electron chi connectivity index (χ4n) is 1.29. The molecule has 2 rings (SSSR count). The molecule has 0 unspecified atom stereocenters. The van der Waals surface area contributed by atoms with E-state index in [1.165, 1.54) is 11.8 Å². The summed E-state index contributed by atoms with van der Waals surface area (Å²) >= 11 is 1.22. The summed E-state index contributed by atoms with van der Waals surface area (Å²) in [7, 11) is 0. The minimum absolute atomic E-state index is 0.0957. The zero-order valence-corrected chi connectivity index (χ0v) is 9.60. The standard InChI is InChI=1S/C12H10N2OS/c1-9(15)16-6-2-3-10-4-5-11-12(7-10)14-8-13-11/h4-5,7-8H,6H2,1H3,(H,13,14). The summed E-state index contributed by atoms with van der Waals surface area (Å²) in [5.41, 5.74) is 2.84. The van der Waals surface area contributed by atoms with Gasteiger partial charge in [-0.15, -0.1) is 0 Å². The van der Waals surface area contributed by atoms with Gasteiger partial charge in [0.2, 0.25) is 0 Å². The molecule has 1 N–H and O–H groups in total. The predicted octanol–water partition coefficient (Wildman–Crippen LogP) is 2.19. The number of carbonyl (C=O) groups is 1. The van der Waals surface area contributed by atoms with E-state index in [9.17, 15) is 4.79 Å². The lowest BCUT2D eigenvalue weighted by atomic mass is 10.2. The van der Waals surface area contributed by atoms with E-state index in [4.69, 9.17) is 0 Å². The predicted molar refractivity (Wildman–Crippen MR) is 66.1 cm³/mol. The third-order valence-electron chi connectivity index (χ3n) is 2.00. The second-order valence-corrected chi connectivity index (χ2v) is 4.37. The Kier molecular flexibility index (Phi) is 3.28. The van der Waals surface area contributed by atoms with Crippen LogP contribution in [0, 0.1) is 11.8 Å². The minimum Gasteiger partial charge on any atom is -0.345 e. The number of benzene rings is 1. The summed E-state index contributed by atoms with van der Waals surface area (Å²) in [6.45, 7) is 1.54. The van der Waals surface area contributed by atoms with E-state index >= 15 is 0 Å². The number of thioether (sulfide) groups is 1. The number of H-pyrrole nitrogens is 1. The Hall–Kier alpha value is -1.73. The number of rotatable bonds is 1. The van der Waals surface area contributed by atoms with Gasteiger partial charge in [-0.3, -0.25) is 4.79 Å². The Morgan fingerprint density at radius 2 is 2.44 bits per heavy atom. The number of aromatic nitrogens is 2. The van der Waals surface area contributed by atoms with Crippen LogP contribution in [0.4, 0.5) is 0 Å². The normalized spacial score (nSPS) is 9.81. The van der Waals surface area contributed by atoms with Crippen molar-refractivity contribution in [3.8, 4) is 11.8 Å². The van der Waals surface area contributed by atoms with Crippen molar-refractivity contribution in [3.63, 3.8) is 0 Å². The first-order valence-electron chi connectivity index (χ1n) is 4.81. The van der Waals surface area contributed by atoms with Gasteiger partial charge in [0.25, 0.3) is 0 Å². The topological polar surface area (TPSA) is 45.8 Å². The molecule has 1 aromatic carbocycles. The molecule has 0 atom stereocenters. The Morgan fingerprint density at radius 3 is 3.25 bits per heavy atom. The molecular formula is C12H10N2OS. The second kappa shape index (κ2) is 4.86. The first kappa shape index (κ1) is 10.8. The number of hydrogen-bond donors (Lipinski definition) is 1. The summed E-state index contributed by atoms with van der Waals surface area (Å²) in [5, 5.41) is 0.0957. The van der Waals surface area contributed by atoms with E-state index in [2.05, 4.69) is 21.8 Å². The van der Waals surface area contributed by atoms with Gasteiger partial charge in [-0.1, -0.05) is 23.6 Å². The fourth-order valence-corrected chi connectivity index (χ4v) is 1.64. The number of hydrogen-bond acceptors (Lipinski definition) is 3. The molecule has 4 heteroatoms. The zero-order chi connectivity index (χ0) is 11.4. The Bertz CT molecular complexity index is 577. The summed E-state index contributed by atoms with van der Waals surface area (Å²) in [6, 6.07) is 5.80. The largest absolute Gasteiger partial charge is 0.345 e. The summed E-state index contributed by atoms with van der Waals surface area (Å²) in [4.78, 5) is 17.8. The number of nitrogens with zero attached hydrogens (tertiary/aromatic N) is 1. The third-order valence-corrected chi connectivity index (χ3v) is 2.70. The quantitative estimate of drug-likeness (QED) is 0.764. The lowest BCUT2D eigenvalue weighted by molar-refractivity contribution is -0.109. The highest BCUT2D eigenvalue weighted by atomic mass is 32.2. The molecule has 0 bridgehead atoms. The van der Waals surface area contributed by atoms with Crippen LogP contribution < -0.4 is 0 Å². The Labute approximate surface area is 97.7 Å². The third kappa shape index (κ3) is 2.65. The molecule has 0 fully saturated rings. The molecule has 0 aliphatic rings. The van der Waals surface area contributed by atoms with Crippen LogP contribution in [0.3, 0.4) is 0 Å². The highest BCUT2D eigenvalue weighted by Crippen LogP contribution is 2.10. The average Bonchev–Trinajstić information content (AvgIpc) is 2.71. The maximum atomic E-state index is 10.7. The molecule has 3 nitrogen and oxygen atoms in total. The molecule has 80 valence electrons. The van der Waals surface area contributed by atoms with E-state index in [0.717, 1.165) is 16.6 Å². The van der Waals surface area contributed by atoms with Gasteiger partial charge in [0.1, 0.15) is 0 Å². The van der Waals surface area contributed by atoms with E-state index in [1.54, 1.807) is 13.3 Å². The molecule has 0 spiro atoms. The first-order valence-corrected chi connectivity index (χ1v) is 5.79. The van der Waals surface area contributed by atoms with E-state index < -0.39 is 0 Å². The van der Waals surface area contributed by atoms with Gasteiger partial charge in [-0.05, 0) is 18.2 Å². The Morgan fingerprint density at radius 1 is 1.56 bits per heavy atom. The lowest BCUT2D eigenvalue weighted by Gasteiger charge is -1.90. The minimum atomic E-state index is 0.0957. The molecule has 2 aromatic rings. The van der Waals surface area contributed by atoms with Crippen molar-refractivity contribution in [3.05, 3.63) is 30.1 Å². The second-order valence-electron chi connectivity index (χ2n) is 3.22. The van der Waals surface area contributed by atoms with Crippen molar-refractivity contribution in [2.75, 3.05) is 5.75 Å². The Balaban J connectivity index is 2.11. The van der Waals surface area contributed by atoms with Crippen molar-refractivity contribution in [1.82, 2.24) is 9.97 Å². The average molecular weight is 230 g/mol. The van der Waals surface area contributed by atoms with Gasteiger partial charge in [-0.25, -0.2) is 4.98 Å². The van der Waals surface area contributed by atoms with Crippen LogP contribution in [0.15, 0.2) is 24.5 Å². The summed E-state index contributed by atoms with van der Waals surface area (Å²) < 4.78 is 0.